The summed E-state index contributed by atoms with van der Waals surface area (Å²) >= 11 is 0. The Labute approximate surface area is 145 Å². The molecule has 0 aliphatic heterocycles. The van der Waals surface area contributed by atoms with E-state index in [4.69, 9.17) is 9.15 Å². The number of carbonyl (C=O) groups is 1. The molecule has 0 radical (unpaired) electrons. The summed E-state index contributed by atoms with van der Waals surface area (Å²) in [5, 5.41) is 10.0. The van der Waals surface area contributed by atoms with Crippen molar-refractivity contribution >= 4 is 5.97 Å². The first-order valence-corrected chi connectivity index (χ1v) is 7.35. The van der Waals surface area contributed by atoms with Crippen molar-refractivity contribution in [1.82, 2.24) is 0 Å². The minimum atomic E-state index is -1.76. The van der Waals surface area contributed by atoms with Gasteiger partial charge in [-0.2, -0.15) is 0 Å². The molecule has 0 aliphatic rings. The lowest BCUT2D eigenvalue weighted by molar-refractivity contribution is -0.141. The fraction of sp³-hybridized carbons (Fsp3) is 0.294. The highest BCUT2D eigenvalue weighted by Crippen LogP contribution is 2.35. The molecule has 0 aliphatic carbocycles. The Bertz CT molecular complexity index is 878. The first kappa shape index (κ1) is 19.5. The Hall–Kier alpha value is -2.81. The minimum absolute atomic E-state index is 0.0110. The Morgan fingerprint density at radius 3 is 2.54 bits per heavy atom. The van der Waals surface area contributed by atoms with Crippen LogP contribution in [0.1, 0.15) is 29.4 Å². The van der Waals surface area contributed by atoms with E-state index in [1.54, 1.807) is 0 Å². The summed E-state index contributed by atoms with van der Waals surface area (Å²) in [7, 11) is 2.39. The number of ether oxygens (including phenoxy) is 2. The third kappa shape index (κ3) is 3.88. The normalized spacial score (nSPS) is 12.0. The van der Waals surface area contributed by atoms with Crippen molar-refractivity contribution < 1.29 is 37.0 Å². The third-order valence-electron chi connectivity index (χ3n) is 3.64. The zero-order valence-corrected chi connectivity index (χ0v) is 13.8. The molecule has 6 nitrogen and oxygen atoms in total. The Morgan fingerprint density at radius 1 is 1.23 bits per heavy atom. The van der Waals surface area contributed by atoms with E-state index in [0.717, 1.165) is 19.2 Å². The first-order valence-electron chi connectivity index (χ1n) is 7.35. The molecule has 1 heterocycles. The van der Waals surface area contributed by atoms with Crippen molar-refractivity contribution in [2.45, 2.75) is 18.9 Å². The van der Waals surface area contributed by atoms with Crippen LogP contribution in [0.25, 0.3) is 0 Å². The average Bonchev–Trinajstić information content (AvgIpc) is 2.61. The minimum Gasteiger partial charge on any atom is -0.502 e. The number of carbonyl (C=O) groups excluding carboxylic acids is 1. The van der Waals surface area contributed by atoms with Crippen molar-refractivity contribution in [2.75, 3.05) is 14.2 Å². The second kappa shape index (κ2) is 8.05. The van der Waals surface area contributed by atoms with Gasteiger partial charge in [-0.25, -0.2) is 13.2 Å². The standard InChI is InChI=1S/C17H15F3O6/c1-24-7-8-5-12(21)16(23)17(26-8)10(6-13(22)25-2)9-3-4-11(18)15(20)14(9)19/h3-5,10,23H,6-7H2,1-2H3. The zero-order chi connectivity index (χ0) is 19.4. The van der Waals surface area contributed by atoms with Crippen molar-refractivity contribution in [3.8, 4) is 5.75 Å². The zero-order valence-electron chi connectivity index (χ0n) is 13.8. The SMILES string of the molecule is COCc1cc(=O)c(O)c(C(CC(=O)OC)c2ccc(F)c(F)c2F)o1. The molecule has 2 rings (SSSR count). The molecule has 0 saturated heterocycles. The largest absolute Gasteiger partial charge is 0.502 e. The molecule has 1 aromatic heterocycles. The lowest BCUT2D eigenvalue weighted by Gasteiger charge is -2.18. The second-order valence-corrected chi connectivity index (χ2v) is 5.32. The van der Waals surface area contributed by atoms with Gasteiger partial charge in [-0.05, 0) is 6.07 Å². The first-order chi connectivity index (χ1) is 12.3. The summed E-state index contributed by atoms with van der Waals surface area (Å²) in [6, 6.07) is 2.51. The molecular formula is C17H15F3O6. The van der Waals surface area contributed by atoms with Crippen LogP contribution in [-0.4, -0.2) is 25.3 Å². The van der Waals surface area contributed by atoms with Crippen molar-refractivity contribution in [3.63, 3.8) is 0 Å². The van der Waals surface area contributed by atoms with E-state index in [1.165, 1.54) is 7.11 Å². The molecule has 0 bridgehead atoms. The van der Waals surface area contributed by atoms with Gasteiger partial charge in [0.15, 0.2) is 23.2 Å². The van der Waals surface area contributed by atoms with Crippen LogP contribution in [0.4, 0.5) is 13.2 Å². The molecule has 0 saturated carbocycles. The summed E-state index contributed by atoms with van der Waals surface area (Å²) in [5.41, 5.74) is -1.35. The van der Waals surface area contributed by atoms with Gasteiger partial charge in [-0.3, -0.25) is 9.59 Å². The third-order valence-corrected chi connectivity index (χ3v) is 3.64. The van der Waals surface area contributed by atoms with Crippen LogP contribution in [-0.2, 0) is 20.9 Å². The maximum absolute atomic E-state index is 14.2. The van der Waals surface area contributed by atoms with Crippen LogP contribution < -0.4 is 5.43 Å². The van der Waals surface area contributed by atoms with E-state index in [9.17, 15) is 27.9 Å². The molecule has 26 heavy (non-hydrogen) atoms. The van der Waals surface area contributed by atoms with Crippen LogP contribution in [0, 0.1) is 17.5 Å². The maximum atomic E-state index is 14.2. The summed E-state index contributed by atoms with van der Waals surface area (Å²) in [6.45, 7) is -0.145. The molecule has 0 spiro atoms. The number of esters is 1. The van der Waals surface area contributed by atoms with Gasteiger partial charge in [-0.1, -0.05) is 6.07 Å². The molecule has 9 heteroatoms. The molecule has 140 valence electrons. The van der Waals surface area contributed by atoms with Crippen LogP contribution in [0.5, 0.6) is 5.75 Å². The van der Waals surface area contributed by atoms with E-state index in [0.29, 0.717) is 6.07 Å². The smallest absolute Gasteiger partial charge is 0.306 e. The maximum Gasteiger partial charge on any atom is 0.306 e. The monoisotopic (exact) mass is 372 g/mol. The number of hydrogen-bond acceptors (Lipinski definition) is 6. The summed E-state index contributed by atoms with van der Waals surface area (Å²) in [5.74, 6) is -8.42. The molecule has 1 aromatic carbocycles. The number of benzene rings is 1. The van der Waals surface area contributed by atoms with E-state index >= 15 is 0 Å². The lowest BCUT2D eigenvalue weighted by atomic mass is 9.91. The fourth-order valence-electron chi connectivity index (χ4n) is 2.41. The number of aromatic hydroxyl groups is 1. The molecule has 1 atom stereocenters. The lowest BCUT2D eigenvalue weighted by Crippen LogP contribution is -2.16. The van der Waals surface area contributed by atoms with Gasteiger partial charge in [0.25, 0.3) is 0 Å². The summed E-state index contributed by atoms with van der Waals surface area (Å²) < 4.78 is 55.8. The van der Waals surface area contributed by atoms with Gasteiger partial charge in [-0.15, -0.1) is 0 Å². The highest BCUT2D eigenvalue weighted by Gasteiger charge is 2.30. The molecule has 2 aromatic rings. The topological polar surface area (TPSA) is 86.0 Å². The van der Waals surface area contributed by atoms with E-state index < -0.39 is 58.3 Å². The predicted octanol–water partition coefficient (Wildman–Crippen LogP) is 2.60. The highest BCUT2D eigenvalue weighted by atomic mass is 19.2. The highest BCUT2D eigenvalue weighted by molar-refractivity contribution is 5.71. The van der Waals surface area contributed by atoms with Gasteiger partial charge in [0.2, 0.25) is 11.2 Å². The summed E-state index contributed by atoms with van der Waals surface area (Å²) in [4.78, 5) is 23.6. The second-order valence-electron chi connectivity index (χ2n) is 5.32. The van der Waals surface area contributed by atoms with Crippen molar-refractivity contribution in [2.24, 2.45) is 0 Å². The fourth-order valence-corrected chi connectivity index (χ4v) is 2.41. The van der Waals surface area contributed by atoms with Crippen LogP contribution in [0.2, 0.25) is 0 Å². The van der Waals surface area contributed by atoms with Crippen molar-refractivity contribution in [1.29, 1.82) is 0 Å². The van der Waals surface area contributed by atoms with Gasteiger partial charge < -0.3 is 19.0 Å². The number of hydrogen-bond donors (Lipinski definition) is 1. The Morgan fingerprint density at radius 2 is 1.92 bits per heavy atom. The number of rotatable bonds is 6. The predicted molar refractivity (Wildman–Crippen MR) is 82.1 cm³/mol. The molecule has 1 N–H and O–H groups in total. The van der Waals surface area contributed by atoms with E-state index in [2.05, 4.69) is 4.74 Å². The Kier molecular flexibility index (Phi) is 6.04. The molecule has 0 fully saturated rings. The van der Waals surface area contributed by atoms with E-state index in [1.807, 2.05) is 0 Å². The number of halogens is 3. The molecular weight excluding hydrogens is 357 g/mol. The van der Waals surface area contributed by atoms with Crippen LogP contribution in [0.15, 0.2) is 27.4 Å². The van der Waals surface area contributed by atoms with Gasteiger partial charge >= 0.3 is 5.97 Å². The van der Waals surface area contributed by atoms with Crippen LogP contribution in [0.3, 0.4) is 0 Å². The molecule has 0 amide bonds. The number of methoxy groups -OCH3 is 2. The van der Waals surface area contributed by atoms with E-state index in [-0.39, 0.29) is 12.4 Å². The van der Waals surface area contributed by atoms with Crippen molar-refractivity contribution in [3.05, 3.63) is 63.0 Å². The summed E-state index contributed by atoms with van der Waals surface area (Å²) in [6.07, 6.45) is -0.592. The van der Waals surface area contributed by atoms with Gasteiger partial charge in [0.05, 0.1) is 19.4 Å². The molecule has 1 unspecified atom stereocenters. The van der Waals surface area contributed by atoms with Crippen LogP contribution >= 0.6 is 0 Å². The average molecular weight is 372 g/mol. The Balaban J connectivity index is 2.69. The van der Waals surface area contributed by atoms with Gasteiger partial charge in [0, 0.05) is 18.7 Å². The van der Waals surface area contributed by atoms with Gasteiger partial charge in [0.1, 0.15) is 12.4 Å². The quantitative estimate of drug-likeness (QED) is 0.620.